The van der Waals surface area contributed by atoms with Gasteiger partial charge in [-0.15, -0.1) is 0 Å². The van der Waals surface area contributed by atoms with Crippen molar-refractivity contribution in [2.75, 3.05) is 26.2 Å². The molecular formula is C15H28N4O2. The molecule has 0 aromatic carbocycles. The van der Waals surface area contributed by atoms with Crippen molar-refractivity contribution in [2.45, 2.75) is 51.5 Å². The van der Waals surface area contributed by atoms with Gasteiger partial charge in [-0.2, -0.15) is 0 Å². The summed E-state index contributed by atoms with van der Waals surface area (Å²) in [7, 11) is 0. The first-order chi connectivity index (χ1) is 10.2. The fourth-order valence-corrected chi connectivity index (χ4v) is 3.50. The van der Waals surface area contributed by atoms with Gasteiger partial charge in [-0.25, -0.2) is 0 Å². The van der Waals surface area contributed by atoms with Gasteiger partial charge in [0.05, 0.1) is 5.92 Å². The van der Waals surface area contributed by atoms with Gasteiger partial charge < -0.3 is 15.8 Å². The third kappa shape index (κ3) is 3.87. The molecule has 2 aliphatic heterocycles. The molecule has 0 saturated carbocycles. The smallest absolute Gasteiger partial charge is 0.233 e. The maximum atomic E-state index is 12.6. The summed E-state index contributed by atoms with van der Waals surface area (Å²) in [5.74, 6) is -0.407. The maximum absolute atomic E-state index is 12.6. The zero-order chi connectivity index (χ0) is 15.2. The highest BCUT2D eigenvalue weighted by atomic mass is 16.4. The van der Waals surface area contributed by atoms with Crippen LogP contribution in [0.2, 0.25) is 0 Å². The normalized spacial score (nSPS) is 26.0. The molecule has 6 nitrogen and oxygen atoms in total. The van der Waals surface area contributed by atoms with Gasteiger partial charge in [0, 0.05) is 19.1 Å². The van der Waals surface area contributed by atoms with Crippen LogP contribution in [0, 0.1) is 5.92 Å². The van der Waals surface area contributed by atoms with Crippen molar-refractivity contribution in [3.05, 3.63) is 0 Å². The third-order valence-corrected chi connectivity index (χ3v) is 4.73. The molecule has 1 amide bonds. The van der Waals surface area contributed by atoms with Crippen LogP contribution < -0.4 is 5.73 Å². The number of hydrogen-bond acceptors (Lipinski definition) is 4. The fourth-order valence-electron chi connectivity index (χ4n) is 3.50. The number of hydrogen-bond donors (Lipinski definition) is 2. The van der Waals surface area contributed by atoms with Crippen molar-refractivity contribution in [1.29, 1.82) is 0 Å². The van der Waals surface area contributed by atoms with Crippen molar-refractivity contribution in [1.82, 2.24) is 9.80 Å². The van der Waals surface area contributed by atoms with E-state index >= 15 is 0 Å². The minimum atomic E-state index is -0.472. The summed E-state index contributed by atoms with van der Waals surface area (Å²) < 4.78 is 0. The Morgan fingerprint density at radius 1 is 1.33 bits per heavy atom. The van der Waals surface area contributed by atoms with Crippen LogP contribution in [0.3, 0.4) is 0 Å². The van der Waals surface area contributed by atoms with E-state index in [1.54, 1.807) is 0 Å². The first-order valence-corrected chi connectivity index (χ1v) is 8.17. The lowest BCUT2D eigenvalue weighted by Gasteiger charge is -2.32. The second-order valence-corrected chi connectivity index (χ2v) is 6.19. The number of amidine groups is 1. The summed E-state index contributed by atoms with van der Waals surface area (Å²) in [6.07, 6.45) is 6.39. The number of piperidine rings is 1. The van der Waals surface area contributed by atoms with Gasteiger partial charge in [-0.1, -0.05) is 24.9 Å². The molecule has 2 fully saturated rings. The summed E-state index contributed by atoms with van der Waals surface area (Å²) >= 11 is 0. The van der Waals surface area contributed by atoms with Gasteiger partial charge >= 0.3 is 0 Å². The minimum Gasteiger partial charge on any atom is -0.409 e. The molecule has 2 rings (SSSR count). The number of carbonyl (C=O) groups is 1. The summed E-state index contributed by atoms with van der Waals surface area (Å²) in [4.78, 5) is 17.0. The van der Waals surface area contributed by atoms with E-state index in [2.05, 4.69) is 10.1 Å². The molecule has 2 aliphatic rings. The second kappa shape index (κ2) is 7.64. The molecule has 2 atom stereocenters. The van der Waals surface area contributed by atoms with E-state index in [-0.39, 0.29) is 11.7 Å². The van der Waals surface area contributed by atoms with E-state index in [4.69, 9.17) is 10.9 Å². The first-order valence-electron chi connectivity index (χ1n) is 8.17. The Labute approximate surface area is 127 Å². The van der Waals surface area contributed by atoms with Crippen LogP contribution in [0.15, 0.2) is 5.16 Å². The minimum absolute atomic E-state index is 0.0201. The van der Waals surface area contributed by atoms with E-state index in [0.29, 0.717) is 12.5 Å². The van der Waals surface area contributed by atoms with E-state index < -0.39 is 5.92 Å². The third-order valence-electron chi connectivity index (χ3n) is 4.73. The number of carbonyl (C=O) groups excluding carboxylic acids is 1. The maximum Gasteiger partial charge on any atom is 0.233 e. The number of likely N-dealkylation sites (tertiary alicyclic amines) is 2. The second-order valence-electron chi connectivity index (χ2n) is 6.19. The molecule has 2 unspecified atom stereocenters. The van der Waals surface area contributed by atoms with Crippen LogP contribution >= 0.6 is 0 Å². The Bertz CT molecular complexity index is 380. The molecule has 0 radical (unpaired) electrons. The van der Waals surface area contributed by atoms with E-state index in [1.807, 2.05) is 11.8 Å². The van der Waals surface area contributed by atoms with Crippen LogP contribution in [0.25, 0.3) is 0 Å². The molecule has 3 N–H and O–H groups in total. The summed E-state index contributed by atoms with van der Waals surface area (Å²) in [6.45, 7) is 5.90. The van der Waals surface area contributed by atoms with Gasteiger partial charge in [0.2, 0.25) is 5.91 Å². The highest BCUT2D eigenvalue weighted by molar-refractivity contribution is 6.02. The quantitative estimate of drug-likeness (QED) is 0.346. The molecule has 0 bridgehead atoms. The average molecular weight is 296 g/mol. The van der Waals surface area contributed by atoms with Crippen LogP contribution in [0.4, 0.5) is 0 Å². The lowest BCUT2D eigenvalue weighted by molar-refractivity contribution is -0.132. The van der Waals surface area contributed by atoms with E-state index in [1.165, 1.54) is 19.3 Å². The number of rotatable bonds is 5. The molecule has 6 heteroatoms. The lowest BCUT2D eigenvalue weighted by Crippen LogP contribution is -2.44. The van der Waals surface area contributed by atoms with Gasteiger partial charge in [0.1, 0.15) is 0 Å². The van der Waals surface area contributed by atoms with Gasteiger partial charge in [0.25, 0.3) is 0 Å². The predicted molar refractivity (Wildman–Crippen MR) is 82.2 cm³/mol. The predicted octanol–water partition coefficient (Wildman–Crippen LogP) is 1.24. The summed E-state index contributed by atoms with van der Waals surface area (Å²) in [5.41, 5.74) is 5.69. The van der Waals surface area contributed by atoms with Crippen LogP contribution in [-0.2, 0) is 4.79 Å². The number of nitrogens with two attached hydrogens (primary N) is 1. The lowest BCUT2D eigenvalue weighted by atomic mass is 10.0. The van der Waals surface area contributed by atoms with Crippen molar-refractivity contribution in [2.24, 2.45) is 16.8 Å². The molecule has 21 heavy (non-hydrogen) atoms. The molecule has 0 aliphatic carbocycles. The molecule has 2 heterocycles. The number of nitrogens with zero attached hydrogens (tertiary/aromatic N) is 3. The highest BCUT2D eigenvalue weighted by Gasteiger charge is 2.34. The Morgan fingerprint density at radius 3 is 2.67 bits per heavy atom. The Kier molecular flexibility index (Phi) is 5.85. The molecule has 0 spiro atoms. The average Bonchev–Trinajstić information content (AvgIpc) is 3.02. The standard InChI is InChI=1S/C15H28N4O2/c1-2-6-13(14(16)17-21)15(20)19-10-7-12(11-19)18-8-4-3-5-9-18/h12-13,21H,2-11H2,1H3,(H2,16,17). The fraction of sp³-hybridized carbons (Fsp3) is 0.867. The molecule has 2 saturated heterocycles. The molecular weight excluding hydrogens is 268 g/mol. The largest absolute Gasteiger partial charge is 0.409 e. The first kappa shape index (κ1) is 16.1. The number of oxime groups is 1. The van der Waals surface area contributed by atoms with Gasteiger partial charge in [0.15, 0.2) is 5.84 Å². The van der Waals surface area contributed by atoms with Crippen molar-refractivity contribution in [3.63, 3.8) is 0 Å². The highest BCUT2D eigenvalue weighted by Crippen LogP contribution is 2.22. The topological polar surface area (TPSA) is 82.2 Å². The van der Waals surface area contributed by atoms with Gasteiger partial charge in [-0.05, 0) is 38.8 Å². The molecule has 0 aromatic rings. The summed E-state index contributed by atoms with van der Waals surface area (Å²) in [6, 6.07) is 0.490. The van der Waals surface area contributed by atoms with Crippen molar-refractivity contribution >= 4 is 11.7 Å². The van der Waals surface area contributed by atoms with E-state index in [9.17, 15) is 4.79 Å². The van der Waals surface area contributed by atoms with Crippen LogP contribution in [0.5, 0.6) is 0 Å². The summed E-state index contributed by atoms with van der Waals surface area (Å²) in [5, 5.41) is 11.9. The Hall–Kier alpha value is -1.30. The zero-order valence-corrected chi connectivity index (χ0v) is 13.0. The monoisotopic (exact) mass is 296 g/mol. The Morgan fingerprint density at radius 2 is 2.05 bits per heavy atom. The van der Waals surface area contributed by atoms with E-state index in [0.717, 1.165) is 39.0 Å². The van der Waals surface area contributed by atoms with Crippen molar-refractivity contribution < 1.29 is 10.0 Å². The molecule has 120 valence electrons. The van der Waals surface area contributed by atoms with Crippen LogP contribution in [0.1, 0.15) is 45.4 Å². The zero-order valence-electron chi connectivity index (χ0n) is 13.0. The molecule has 0 aromatic heterocycles. The van der Waals surface area contributed by atoms with Crippen molar-refractivity contribution in [3.8, 4) is 0 Å². The van der Waals surface area contributed by atoms with Crippen LogP contribution in [-0.4, -0.2) is 59.0 Å². The van der Waals surface area contributed by atoms with Gasteiger partial charge in [-0.3, -0.25) is 9.69 Å². The SMILES string of the molecule is CCCC(C(=O)N1CCC(N2CCCCC2)C1)C(N)=NO. The number of amides is 1. The Balaban J connectivity index is 1.93.